The van der Waals surface area contributed by atoms with Gasteiger partial charge in [0.15, 0.2) is 0 Å². The summed E-state index contributed by atoms with van der Waals surface area (Å²) in [5.41, 5.74) is 0. The Bertz CT molecular complexity index is 480. The molecule has 5 nitrogen and oxygen atoms in total. The molecule has 1 aromatic heterocycles. The predicted molar refractivity (Wildman–Crippen MR) is 96.0 cm³/mol. The first-order valence-corrected chi connectivity index (χ1v) is 10.2. The molecule has 0 N–H and O–H groups in total. The Hall–Kier alpha value is -0.980. The summed E-state index contributed by atoms with van der Waals surface area (Å²) in [6, 6.07) is 0. The van der Waals surface area contributed by atoms with E-state index in [1.807, 2.05) is 11.6 Å². The second-order valence-corrected chi connectivity index (χ2v) is 7.81. The van der Waals surface area contributed by atoms with Crippen LogP contribution in [-0.2, 0) is 16.1 Å². The summed E-state index contributed by atoms with van der Waals surface area (Å²) in [4.78, 5) is 22.0. The van der Waals surface area contributed by atoms with E-state index in [-0.39, 0.29) is 5.92 Å². The lowest BCUT2D eigenvalue weighted by molar-refractivity contribution is -0.137. The number of aromatic nitrogens is 1. The third-order valence-electron chi connectivity index (χ3n) is 5.12. The Morgan fingerprint density at radius 2 is 2.00 bits per heavy atom. The molecule has 1 saturated heterocycles. The smallest absolute Gasteiger partial charge is 0.226 e. The van der Waals surface area contributed by atoms with E-state index in [9.17, 15) is 4.79 Å². The Kier molecular flexibility index (Phi) is 7.05. The second kappa shape index (κ2) is 9.49. The van der Waals surface area contributed by atoms with Crippen LogP contribution >= 0.6 is 11.3 Å². The SMILES string of the molecule is O=C(C1CCCCCC1)N(CCN1CCOCC1)Cc1nccs1. The van der Waals surface area contributed by atoms with Crippen LogP contribution in [0.3, 0.4) is 0 Å². The first-order chi connectivity index (χ1) is 11.8. The maximum Gasteiger partial charge on any atom is 0.226 e. The monoisotopic (exact) mass is 351 g/mol. The molecule has 134 valence electrons. The average molecular weight is 352 g/mol. The van der Waals surface area contributed by atoms with E-state index in [0.29, 0.717) is 12.5 Å². The van der Waals surface area contributed by atoms with Crippen LogP contribution in [0.5, 0.6) is 0 Å². The molecule has 0 spiro atoms. The third kappa shape index (κ3) is 5.26. The van der Waals surface area contributed by atoms with Gasteiger partial charge in [-0.05, 0) is 12.8 Å². The van der Waals surface area contributed by atoms with Crippen molar-refractivity contribution in [1.82, 2.24) is 14.8 Å². The summed E-state index contributed by atoms with van der Waals surface area (Å²) in [6.07, 6.45) is 8.91. The Labute approximate surface area is 149 Å². The van der Waals surface area contributed by atoms with Crippen molar-refractivity contribution in [3.05, 3.63) is 16.6 Å². The first kappa shape index (κ1) is 17.8. The highest BCUT2D eigenvalue weighted by Crippen LogP contribution is 2.25. The zero-order chi connectivity index (χ0) is 16.6. The molecule has 6 heteroatoms. The van der Waals surface area contributed by atoms with Gasteiger partial charge in [-0.15, -0.1) is 11.3 Å². The lowest BCUT2D eigenvalue weighted by Gasteiger charge is -2.31. The number of rotatable bonds is 6. The van der Waals surface area contributed by atoms with Gasteiger partial charge in [0.2, 0.25) is 5.91 Å². The molecule has 2 aliphatic rings. The highest BCUT2D eigenvalue weighted by atomic mass is 32.1. The molecule has 0 unspecified atom stereocenters. The molecule has 24 heavy (non-hydrogen) atoms. The fraction of sp³-hybridized carbons (Fsp3) is 0.778. The quantitative estimate of drug-likeness (QED) is 0.740. The summed E-state index contributed by atoms with van der Waals surface area (Å²) in [7, 11) is 0. The first-order valence-electron chi connectivity index (χ1n) is 9.30. The van der Waals surface area contributed by atoms with Crippen LogP contribution in [0.25, 0.3) is 0 Å². The molecule has 2 fully saturated rings. The molecule has 1 aliphatic heterocycles. The van der Waals surface area contributed by atoms with Crippen molar-refractivity contribution in [2.24, 2.45) is 5.92 Å². The standard InChI is InChI=1S/C18H29N3O2S/c22-18(16-5-3-1-2-4-6-16)21(15-17-19-7-14-24-17)9-8-20-10-12-23-13-11-20/h7,14,16H,1-6,8-13,15H2. The van der Waals surface area contributed by atoms with Crippen LogP contribution in [0, 0.1) is 5.92 Å². The molecule has 1 saturated carbocycles. The number of carbonyl (C=O) groups is 1. The van der Waals surface area contributed by atoms with E-state index >= 15 is 0 Å². The average Bonchev–Trinajstić information content (AvgIpc) is 2.98. The molecule has 1 aromatic rings. The Morgan fingerprint density at radius 1 is 1.25 bits per heavy atom. The normalized spacial score (nSPS) is 20.7. The van der Waals surface area contributed by atoms with Gasteiger partial charge in [-0.3, -0.25) is 9.69 Å². The Morgan fingerprint density at radius 3 is 2.67 bits per heavy atom. The van der Waals surface area contributed by atoms with E-state index < -0.39 is 0 Å². The summed E-state index contributed by atoms with van der Waals surface area (Å²) in [5, 5.41) is 3.03. The maximum absolute atomic E-state index is 13.1. The molecule has 1 amide bonds. The van der Waals surface area contributed by atoms with Crippen LogP contribution in [0.4, 0.5) is 0 Å². The number of carbonyl (C=O) groups excluding carboxylic acids is 1. The minimum absolute atomic E-state index is 0.220. The van der Waals surface area contributed by atoms with E-state index in [4.69, 9.17) is 4.74 Å². The number of thiazole rings is 1. The fourth-order valence-electron chi connectivity index (χ4n) is 3.63. The largest absolute Gasteiger partial charge is 0.379 e. The molecule has 1 aliphatic carbocycles. The highest BCUT2D eigenvalue weighted by molar-refractivity contribution is 7.09. The van der Waals surface area contributed by atoms with Gasteiger partial charge in [-0.2, -0.15) is 0 Å². The minimum Gasteiger partial charge on any atom is -0.379 e. The number of morpholine rings is 1. The molecule has 0 atom stereocenters. The Balaban J connectivity index is 1.60. The number of nitrogens with zero attached hydrogens (tertiary/aromatic N) is 3. The van der Waals surface area contributed by atoms with Crippen LogP contribution < -0.4 is 0 Å². The van der Waals surface area contributed by atoms with Gasteiger partial charge >= 0.3 is 0 Å². The molecule has 3 rings (SSSR count). The zero-order valence-electron chi connectivity index (χ0n) is 14.5. The van der Waals surface area contributed by atoms with E-state index in [2.05, 4.69) is 14.8 Å². The second-order valence-electron chi connectivity index (χ2n) is 6.83. The lowest BCUT2D eigenvalue weighted by atomic mass is 9.98. The minimum atomic E-state index is 0.220. The van der Waals surface area contributed by atoms with Crippen molar-refractivity contribution in [1.29, 1.82) is 0 Å². The van der Waals surface area contributed by atoms with Crippen LogP contribution in [0.15, 0.2) is 11.6 Å². The molecule has 2 heterocycles. The van der Waals surface area contributed by atoms with E-state index in [1.165, 1.54) is 25.7 Å². The molecular formula is C18H29N3O2S. The number of hydrogen-bond acceptors (Lipinski definition) is 5. The van der Waals surface area contributed by atoms with Gasteiger partial charge < -0.3 is 9.64 Å². The van der Waals surface area contributed by atoms with Crippen molar-refractivity contribution < 1.29 is 9.53 Å². The number of hydrogen-bond donors (Lipinski definition) is 0. The van der Waals surface area contributed by atoms with Crippen LogP contribution in [0.1, 0.15) is 43.5 Å². The van der Waals surface area contributed by atoms with Crippen molar-refractivity contribution in [3.63, 3.8) is 0 Å². The fourth-order valence-corrected chi connectivity index (χ4v) is 4.26. The van der Waals surface area contributed by atoms with Gasteiger partial charge in [0.05, 0.1) is 19.8 Å². The van der Waals surface area contributed by atoms with Crippen LogP contribution in [-0.4, -0.2) is 60.1 Å². The van der Waals surface area contributed by atoms with Crippen molar-refractivity contribution in [3.8, 4) is 0 Å². The van der Waals surface area contributed by atoms with Crippen molar-refractivity contribution in [2.75, 3.05) is 39.4 Å². The van der Waals surface area contributed by atoms with Gasteiger partial charge in [0.25, 0.3) is 0 Å². The summed E-state index contributed by atoms with van der Waals surface area (Å²) in [6.45, 7) is 5.97. The highest BCUT2D eigenvalue weighted by Gasteiger charge is 2.26. The topological polar surface area (TPSA) is 45.7 Å². The molecule has 0 radical (unpaired) electrons. The van der Waals surface area contributed by atoms with E-state index in [1.54, 1.807) is 11.3 Å². The summed E-state index contributed by atoms with van der Waals surface area (Å²) in [5.74, 6) is 0.567. The van der Waals surface area contributed by atoms with Crippen molar-refractivity contribution in [2.45, 2.75) is 45.1 Å². The molecule has 0 bridgehead atoms. The third-order valence-corrected chi connectivity index (χ3v) is 5.88. The molecule has 0 aromatic carbocycles. The molecular weight excluding hydrogens is 322 g/mol. The number of ether oxygens (including phenoxy) is 1. The van der Waals surface area contributed by atoms with Gasteiger partial charge in [-0.1, -0.05) is 25.7 Å². The predicted octanol–water partition coefficient (Wildman–Crippen LogP) is 2.77. The maximum atomic E-state index is 13.1. The van der Waals surface area contributed by atoms with Crippen LogP contribution in [0.2, 0.25) is 0 Å². The summed E-state index contributed by atoms with van der Waals surface area (Å²) < 4.78 is 5.42. The summed E-state index contributed by atoms with van der Waals surface area (Å²) >= 11 is 1.64. The zero-order valence-corrected chi connectivity index (χ0v) is 15.3. The number of amides is 1. The van der Waals surface area contributed by atoms with Gasteiger partial charge in [0.1, 0.15) is 5.01 Å². The van der Waals surface area contributed by atoms with Gasteiger partial charge in [-0.25, -0.2) is 4.98 Å². The van der Waals surface area contributed by atoms with E-state index in [0.717, 1.165) is 57.2 Å². The van der Waals surface area contributed by atoms with Crippen molar-refractivity contribution >= 4 is 17.2 Å². The lowest BCUT2D eigenvalue weighted by Crippen LogP contribution is -2.44. The van der Waals surface area contributed by atoms with Gasteiger partial charge in [0, 0.05) is 43.7 Å².